The molecule has 4 aromatic rings. The highest BCUT2D eigenvalue weighted by Crippen LogP contribution is 2.32. The third kappa shape index (κ3) is 6.03. The number of carbonyl (C=O) groups excluding carboxylic acids is 1. The molecule has 40 heavy (non-hydrogen) atoms. The monoisotopic (exact) mass is 567 g/mol. The summed E-state index contributed by atoms with van der Waals surface area (Å²) >= 11 is 0. The third-order valence-corrected chi connectivity index (χ3v) is 6.83. The van der Waals surface area contributed by atoms with Crippen LogP contribution in [0.2, 0.25) is 0 Å². The standard InChI is InChI=1S/C29H33N5O5.ClH/c1-36-14-15-39-23-7-5-22(6-8-23)32-10-12-33(13-11-32)29(35)21-16-24(30)28-31-25(19-34(28)18-21)20-4-9-26(37-2)27(17-20)38-3;/h4-9,16-19H,10-15,30H2,1-3H3;1H. The van der Waals surface area contributed by atoms with Gasteiger partial charge in [0.25, 0.3) is 5.91 Å². The van der Waals surface area contributed by atoms with Crippen molar-refractivity contribution in [3.8, 4) is 28.5 Å². The van der Waals surface area contributed by atoms with Gasteiger partial charge in [0, 0.05) is 56.9 Å². The number of methoxy groups -OCH3 is 3. The molecule has 212 valence electrons. The van der Waals surface area contributed by atoms with Crippen LogP contribution in [0.15, 0.2) is 60.9 Å². The first-order chi connectivity index (χ1) is 19.0. The zero-order chi connectivity index (χ0) is 27.4. The number of benzene rings is 2. The number of ether oxygens (including phenoxy) is 4. The summed E-state index contributed by atoms with van der Waals surface area (Å²) in [5.41, 5.74) is 10.6. The normalized spacial score (nSPS) is 13.2. The van der Waals surface area contributed by atoms with E-state index in [1.54, 1.807) is 38.0 Å². The van der Waals surface area contributed by atoms with Gasteiger partial charge in [-0.15, -0.1) is 12.4 Å². The minimum atomic E-state index is -0.0495. The van der Waals surface area contributed by atoms with E-state index in [-0.39, 0.29) is 18.3 Å². The number of fused-ring (bicyclic) bond motifs is 1. The van der Waals surface area contributed by atoms with Gasteiger partial charge in [-0.05, 0) is 48.5 Å². The van der Waals surface area contributed by atoms with Crippen LogP contribution in [0.1, 0.15) is 10.4 Å². The van der Waals surface area contributed by atoms with Crippen molar-refractivity contribution < 1.29 is 23.7 Å². The van der Waals surface area contributed by atoms with Crippen molar-refractivity contribution in [1.82, 2.24) is 14.3 Å². The van der Waals surface area contributed by atoms with Gasteiger partial charge in [-0.1, -0.05) is 0 Å². The fourth-order valence-electron chi connectivity index (χ4n) is 4.72. The maximum Gasteiger partial charge on any atom is 0.255 e. The summed E-state index contributed by atoms with van der Waals surface area (Å²) in [6, 6.07) is 15.3. The van der Waals surface area contributed by atoms with Crippen molar-refractivity contribution in [3.63, 3.8) is 0 Å². The van der Waals surface area contributed by atoms with Crippen molar-refractivity contribution >= 4 is 35.3 Å². The topological polar surface area (TPSA) is 104 Å². The second kappa shape index (κ2) is 12.8. The van der Waals surface area contributed by atoms with Crippen LogP contribution in [0.5, 0.6) is 17.2 Å². The molecule has 5 rings (SSSR count). The van der Waals surface area contributed by atoms with Gasteiger partial charge in [0.1, 0.15) is 12.4 Å². The fraction of sp³-hybridized carbons (Fsp3) is 0.310. The molecule has 0 saturated carbocycles. The Labute approximate surface area is 239 Å². The number of hydrogen-bond acceptors (Lipinski definition) is 8. The fourth-order valence-corrected chi connectivity index (χ4v) is 4.72. The number of pyridine rings is 1. The number of nitrogens with zero attached hydrogens (tertiary/aromatic N) is 4. The number of hydrogen-bond donors (Lipinski definition) is 1. The number of carbonyl (C=O) groups is 1. The number of anilines is 2. The minimum Gasteiger partial charge on any atom is -0.493 e. The van der Waals surface area contributed by atoms with E-state index in [1.165, 1.54) is 0 Å². The molecular formula is C29H34ClN5O5. The van der Waals surface area contributed by atoms with Crippen molar-refractivity contribution in [1.29, 1.82) is 0 Å². The largest absolute Gasteiger partial charge is 0.493 e. The average Bonchev–Trinajstić information content (AvgIpc) is 3.42. The van der Waals surface area contributed by atoms with Crippen molar-refractivity contribution in [3.05, 3.63) is 66.5 Å². The molecule has 11 heteroatoms. The molecule has 2 N–H and O–H groups in total. The van der Waals surface area contributed by atoms with Gasteiger partial charge in [0.05, 0.1) is 37.8 Å². The lowest BCUT2D eigenvalue weighted by Crippen LogP contribution is -2.48. The lowest BCUT2D eigenvalue weighted by atomic mass is 10.1. The van der Waals surface area contributed by atoms with Crippen molar-refractivity contribution in [2.45, 2.75) is 0 Å². The van der Waals surface area contributed by atoms with Gasteiger partial charge < -0.3 is 38.9 Å². The Bertz CT molecular complexity index is 1450. The van der Waals surface area contributed by atoms with Gasteiger partial charge in [-0.2, -0.15) is 0 Å². The summed E-state index contributed by atoms with van der Waals surface area (Å²) in [7, 11) is 4.84. The number of halogens is 1. The molecule has 1 aliphatic heterocycles. The van der Waals surface area contributed by atoms with Crippen LogP contribution < -0.4 is 24.8 Å². The Hall–Kier alpha value is -4.15. The predicted molar refractivity (Wildman–Crippen MR) is 157 cm³/mol. The first kappa shape index (κ1) is 28.8. The lowest BCUT2D eigenvalue weighted by Gasteiger charge is -2.36. The molecule has 1 fully saturated rings. The number of amides is 1. The van der Waals surface area contributed by atoms with E-state index in [4.69, 9.17) is 29.7 Å². The molecule has 0 radical (unpaired) electrons. The van der Waals surface area contributed by atoms with Crippen LogP contribution in [-0.4, -0.2) is 80.9 Å². The molecule has 3 heterocycles. The zero-order valence-corrected chi connectivity index (χ0v) is 23.6. The highest BCUT2D eigenvalue weighted by atomic mass is 35.5. The summed E-state index contributed by atoms with van der Waals surface area (Å²) in [6.07, 6.45) is 3.66. The summed E-state index contributed by atoms with van der Waals surface area (Å²) in [6.45, 7) is 3.77. The number of nitrogen functional groups attached to an aromatic ring is 1. The minimum absolute atomic E-state index is 0. The van der Waals surface area contributed by atoms with Crippen LogP contribution in [0.25, 0.3) is 16.9 Å². The van der Waals surface area contributed by atoms with E-state index in [0.29, 0.717) is 54.7 Å². The second-order valence-corrected chi connectivity index (χ2v) is 9.23. The van der Waals surface area contributed by atoms with Crippen LogP contribution in [0.4, 0.5) is 11.4 Å². The molecule has 0 spiro atoms. The predicted octanol–water partition coefficient (Wildman–Crippen LogP) is 4.01. The SMILES string of the molecule is COCCOc1ccc(N2CCN(C(=O)c3cc(N)c4nc(-c5ccc(OC)c(OC)c5)cn4c3)CC2)cc1.Cl. The van der Waals surface area contributed by atoms with Crippen LogP contribution in [-0.2, 0) is 4.74 Å². The third-order valence-electron chi connectivity index (χ3n) is 6.83. The van der Waals surface area contributed by atoms with E-state index in [0.717, 1.165) is 35.8 Å². The summed E-state index contributed by atoms with van der Waals surface area (Å²) < 4.78 is 23.2. The molecule has 0 unspecified atom stereocenters. The average molecular weight is 568 g/mol. The molecule has 10 nitrogen and oxygen atoms in total. The number of nitrogens with two attached hydrogens (primary N) is 1. The van der Waals surface area contributed by atoms with Gasteiger partial charge >= 0.3 is 0 Å². The first-order valence-corrected chi connectivity index (χ1v) is 12.8. The van der Waals surface area contributed by atoms with Crippen LogP contribution in [0.3, 0.4) is 0 Å². The highest BCUT2D eigenvalue weighted by molar-refractivity contribution is 5.96. The van der Waals surface area contributed by atoms with E-state index in [2.05, 4.69) is 4.90 Å². The summed E-state index contributed by atoms with van der Waals surface area (Å²) in [5.74, 6) is 2.01. The van der Waals surface area contributed by atoms with Gasteiger partial charge in [-0.25, -0.2) is 4.98 Å². The van der Waals surface area contributed by atoms with E-state index < -0.39 is 0 Å². The molecule has 1 saturated heterocycles. The summed E-state index contributed by atoms with van der Waals surface area (Å²) in [5, 5.41) is 0. The number of aromatic nitrogens is 2. The highest BCUT2D eigenvalue weighted by Gasteiger charge is 2.24. The maximum atomic E-state index is 13.4. The molecule has 2 aromatic carbocycles. The Kier molecular flexibility index (Phi) is 9.23. The summed E-state index contributed by atoms with van der Waals surface area (Å²) in [4.78, 5) is 22.2. The molecule has 0 atom stereocenters. The number of rotatable bonds is 9. The Morgan fingerprint density at radius 3 is 2.30 bits per heavy atom. The second-order valence-electron chi connectivity index (χ2n) is 9.23. The lowest BCUT2D eigenvalue weighted by molar-refractivity contribution is 0.0746. The van der Waals surface area contributed by atoms with Gasteiger partial charge in [0.15, 0.2) is 17.1 Å². The molecule has 2 aromatic heterocycles. The molecule has 1 amide bonds. The zero-order valence-electron chi connectivity index (χ0n) is 22.8. The Morgan fingerprint density at radius 2 is 1.62 bits per heavy atom. The smallest absolute Gasteiger partial charge is 0.255 e. The molecule has 1 aliphatic rings. The van der Waals surface area contributed by atoms with E-state index >= 15 is 0 Å². The Balaban J connectivity index is 0.00000370. The van der Waals surface area contributed by atoms with E-state index in [9.17, 15) is 4.79 Å². The quantitative estimate of drug-likeness (QED) is 0.303. The van der Waals surface area contributed by atoms with Crippen molar-refractivity contribution in [2.75, 3.05) is 71.4 Å². The van der Waals surface area contributed by atoms with Crippen LogP contribution >= 0.6 is 12.4 Å². The molecular weight excluding hydrogens is 534 g/mol. The number of imidazole rings is 1. The maximum absolute atomic E-state index is 13.4. The van der Waals surface area contributed by atoms with Crippen molar-refractivity contribution in [2.24, 2.45) is 0 Å². The molecule has 0 bridgehead atoms. The first-order valence-electron chi connectivity index (χ1n) is 12.8. The molecule has 0 aliphatic carbocycles. The number of piperazine rings is 1. The van der Waals surface area contributed by atoms with Gasteiger partial charge in [-0.3, -0.25) is 4.79 Å². The van der Waals surface area contributed by atoms with Gasteiger partial charge in [0.2, 0.25) is 0 Å². The van der Waals surface area contributed by atoms with Crippen LogP contribution in [0, 0.1) is 0 Å². The van der Waals surface area contributed by atoms with E-state index in [1.807, 2.05) is 53.6 Å². The Morgan fingerprint density at radius 1 is 0.900 bits per heavy atom.